The van der Waals surface area contributed by atoms with Crippen LogP contribution in [0.2, 0.25) is 0 Å². The van der Waals surface area contributed by atoms with Crippen LogP contribution in [-0.2, 0) is 9.59 Å². The summed E-state index contributed by atoms with van der Waals surface area (Å²) in [5, 5.41) is -0.293. The Morgan fingerprint density at radius 1 is 1.40 bits per heavy atom. The fourth-order valence-corrected chi connectivity index (χ4v) is 2.80. The third kappa shape index (κ3) is 4.52. The molecule has 0 spiro atoms. The van der Waals surface area contributed by atoms with E-state index in [0.29, 0.717) is 5.75 Å². The number of carbonyl (C=O) groups is 3. The highest BCUT2D eigenvalue weighted by Gasteiger charge is 2.34. The molecule has 0 saturated heterocycles. The Bertz CT molecular complexity index is 491. The number of rotatable bonds is 7. The standard InChI is InChI=1S/C14H18O4S2/c1-9(15)10(8-19)7-12(16)14(2,3)20-13(17)11-5-4-6-18-11/h4-6,10,19H,7-8H2,1-3H3/t10-/m0/s1. The van der Waals surface area contributed by atoms with Gasteiger partial charge in [-0.3, -0.25) is 14.4 Å². The van der Waals surface area contributed by atoms with Gasteiger partial charge in [0.15, 0.2) is 5.76 Å². The molecule has 0 aliphatic rings. The molecule has 1 aromatic rings. The summed E-state index contributed by atoms with van der Waals surface area (Å²) < 4.78 is 4.11. The highest BCUT2D eigenvalue weighted by atomic mass is 32.2. The van der Waals surface area contributed by atoms with Gasteiger partial charge in [-0.15, -0.1) is 0 Å². The summed E-state index contributed by atoms with van der Waals surface area (Å²) >= 11 is 5.00. The molecule has 1 heterocycles. The fraction of sp³-hybridized carbons (Fsp3) is 0.500. The number of thiol groups is 1. The van der Waals surface area contributed by atoms with Crippen molar-refractivity contribution < 1.29 is 18.8 Å². The van der Waals surface area contributed by atoms with Crippen molar-refractivity contribution in [2.75, 3.05) is 5.75 Å². The molecule has 1 atom stereocenters. The number of Topliss-reactive ketones (excluding diaryl/α,β-unsaturated/α-hetero) is 2. The van der Waals surface area contributed by atoms with Crippen LogP contribution in [0.4, 0.5) is 0 Å². The van der Waals surface area contributed by atoms with Gasteiger partial charge in [-0.25, -0.2) is 0 Å². The molecule has 0 radical (unpaired) electrons. The molecular weight excluding hydrogens is 296 g/mol. The van der Waals surface area contributed by atoms with Crippen LogP contribution in [0, 0.1) is 5.92 Å². The van der Waals surface area contributed by atoms with Crippen molar-refractivity contribution in [3.05, 3.63) is 24.2 Å². The van der Waals surface area contributed by atoms with Crippen molar-refractivity contribution >= 4 is 41.1 Å². The Hall–Kier alpha value is -1.01. The first-order chi connectivity index (χ1) is 9.27. The van der Waals surface area contributed by atoms with Gasteiger partial charge in [0.05, 0.1) is 11.0 Å². The Morgan fingerprint density at radius 3 is 2.50 bits per heavy atom. The first-order valence-electron chi connectivity index (χ1n) is 6.19. The monoisotopic (exact) mass is 314 g/mol. The highest BCUT2D eigenvalue weighted by molar-refractivity contribution is 8.15. The van der Waals surface area contributed by atoms with Crippen molar-refractivity contribution in [1.82, 2.24) is 0 Å². The molecule has 0 fully saturated rings. The maximum Gasteiger partial charge on any atom is 0.255 e. The Balaban J connectivity index is 2.70. The lowest BCUT2D eigenvalue weighted by atomic mass is 9.94. The molecule has 0 aliphatic heterocycles. The molecule has 0 N–H and O–H groups in total. The lowest BCUT2D eigenvalue weighted by molar-refractivity contribution is -0.126. The lowest BCUT2D eigenvalue weighted by Gasteiger charge is -2.22. The summed E-state index contributed by atoms with van der Waals surface area (Å²) in [4.78, 5) is 35.6. The Kier molecular flexibility index (Phi) is 6.07. The van der Waals surface area contributed by atoms with Crippen molar-refractivity contribution in [2.24, 2.45) is 5.92 Å². The number of hydrogen-bond acceptors (Lipinski definition) is 6. The third-order valence-electron chi connectivity index (χ3n) is 2.97. The zero-order chi connectivity index (χ0) is 15.3. The van der Waals surface area contributed by atoms with E-state index in [4.69, 9.17) is 4.42 Å². The summed E-state index contributed by atoms with van der Waals surface area (Å²) in [7, 11) is 0. The summed E-state index contributed by atoms with van der Waals surface area (Å²) in [5.41, 5.74) is 0. The van der Waals surface area contributed by atoms with Gasteiger partial charge >= 0.3 is 0 Å². The molecule has 0 bridgehead atoms. The third-order valence-corrected chi connectivity index (χ3v) is 4.53. The highest BCUT2D eigenvalue weighted by Crippen LogP contribution is 2.31. The molecule has 4 nitrogen and oxygen atoms in total. The summed E-state index contributed by atoms with van der Waals surface area (Å²) in [6.07, 6.45) is 1.51. The van der Waals surface area contributed by atoms with E-state index < -0.39 is 10.7 Å². The average molecular weight is 314 g/mol. The molecule has 20 heavy (non-hydrogen) atoms. The van der Waals surface area contributed by atoms with E-state index in [-0.39, 0.29) is 28.9 Å². The maximum absolute atomic E-state index is 12.3. The molecule has 110 valence electrons. The van der Waals surface area contributed by atoms with Crippen molar-refractivity contribution in [3.63, 3.8) is 0 Å². The molecular formula is C14H18O4S2. The minimum atomic E-state index is -0.902. The second-order valence-electron chi connectivity index (χ2n) is 4.99. The topological polar surface area (TPSA) is 64.3 Å². The molecule has 0 unspecified atom stereocenters. The van der Waals surface area contributed by atoms with Crippen LogP contribution >= 0.6 is 24.4 Å². The van der Waals surface area contributed by atoms with Gasteiger partial charge in [-0.1, -0.05) is 11.8 Å². The van der Waals surface area contributed by atoms with Crippen LogP contribution in [-0.4, -0.2) is 27.2 Å². The van der Waals surface area contributed by atoms with Crippen LogP contribution < -0.4 is 0 Å². The largest absolute Gasteiger partial charge is 0.460 e. The molecule has 0 aromatic carbocycles. The first-order valence-corrected chi connectivity index (χ1v) is 7.64. The van der Waals surface area contributed by atoms with Gasteiger partial charge in [0.25, 0.3) is 5.12 Å². The quantitative estimate of drug-likeness (QED) is 0.784. The minimum Gasteiger partial charge on any atom is -0.460 e. The van der Waals surface area contributed by atoms with E-state index in [9.17, 15) is 14.4 Å². The summed E-state index contributed by atoms with van der Waals surface area (Å²) in [6, 6.07) is 3.18. The first kappa shape index (κ1) is 17.0. The van der Waals surface area contributed by atoms with Gasteiger partial charge in [0.2, 0.25) is 0 Å². The average Bonchev–Trinajstić information content (AvgIpc) is 2.88. The molecule has 6 heteroatoms. The van der Waals surface area contributed by atoms with Gasteiger partial charge in [0, 0.05) is 18.1 Å². The normalized spacial score (nSPS) is 13.0. The van der Waals surface area contributed by atoms with E-state index in [1.807, 2.05) is 0 Å². The van der Waals surface area contributed by atoms with Crippen molar-refractivity contribution in [3.8, 4) is 0 Å². The number of thioether (sulfide) groups is 1. The van der Waals surface area contributed by atoms with Crippen LogP contribution in [0.1, 0.15) is 37.7 Å². The van der Waals surface area contributed by atoms with E-state index in [1.165, 1.54) is 13.2 Å². The SMILES string of the molecule is CC(=O)[C@H](CS)CC(=O)C(C)(C)SC(=O)c1ccco1. The Labute approximate surface area is 128 Å². The van der Waals surface area contributed by atoms with E-state index >= 15 is 0 Å². The van der Waals surface area contributed by atoms with Crippen LogP contribution in [0.5, 0.6) is 0 Å². The Morgan fingerprint density at radius 2 is 2.05 bits per heavy atom. The smallest absolute Gasteiger partial charge is 0.255 e. The van der Waals surface area contributed by atoms with E-state index in [0.717, 1.165) is 11.8 Å². The van der Waals surface area contributed by atoms with Gasteiger partial charge < -0.3 is 4.42 Å². The minimum absolute atomic E-state index is 0.0634. The maximum atomic E-state index is 12.3. The molecule has 0 amide bonds. The lowest BCUT2D eigenvalue weighted by Crippen LogP contribution is -2.33. The van der Waals surface area contributed by atoms with Gasteiger partial charge in [-0.2, -0.15) is 12.6 Å². The number of furan rings is 1. The zero-order valence-electron chi connectivity index (χ0n) is 11.7. The van der Waals surface area contributed by atoms with Crippen molar-refractivity contribution in [1.29, 1.82) is 0 Å². The van der Waals surface area contributed by atoms with Crippen molar-refractivity contribution in [2.45, 2.75) is 31.9 Å². The van der Waals surface area contributed by atoms with Crippen LogP contribution in [0.25, 0.3) is 0 Å². The fourth-order valence-electron chi connectivity index (χ4n) is 1.54. The molecule has 0 aliphatic carbocycles. The number of hydrogen-bond donors (Lipinski definition) is 1. The molecule has 1 rings (SSSR count). The number of ketones is 2. The second-order valence-corrected chi connectivity index (χ2v) is 6.96. The van der Waals surface area contributed by atoms with Crippen LogP contribution in [0.3, 0.4) is 0 Å². The van der Waals surface area contributed by atoms with Gasteiger partial charge in [0.1, 0.15) is 11.6 Å². The predicted molar refractivity (Wildman–Crippen MR) is 82.4 cm³/mol. The summed E-state index contributed by atoms with van der Waals surface area (Å²) in [6.45, 7) is 4.80. The molecule has 0 saturated carbocycles. The summed E-state index contributed by atoms with van der Waals surface area (Å²) in [5.74, 6) is -0.0608. The van der Waals surface area contributed by atoms with Gasteiger partial charge in [-0.05, 0) is 32.9 Å². The van der Waals surface area contributed by atoms with E-state index in [1.54, 1.807) is 26.0 Å². The number of carbonyl (C=O) groups excluding carboxylic acids is 3. The predicted octanol–water partition coefficient (Wildman–Crippen LogP) is 3.03. The second kappa shape index (κ2) is 7.13. The van der Waals surface area contributed by atoms with Crippen LogP contribution in [0.15, 0.2) is 22.8 Å². The van der Waals surface area contributed by atoms with E-state index in [2.05, 4.69) is 12.6 Å². The zero-order valence-corrected chi connectivity index (χ0v) is 13.4. The molecule has 1 aromatic heterocycles.